The second-order valence-electron chi connectivity index (χ2n) is 19.8. The largest absolute Gasteiger partial charge is 0.545 e. The van der Waals surface area contributed by atoms with Crippen LogP contribution < -0.4 is 5.11 Å². The van der Waals surface area contributed by atoms with E-state index in [1.807, 2.05) is 21.1 Å². The highest BCUT2D eigenvalue weighted by Gasteiger charge is 2.22. The summed E-state index contributed by atoms with van der Waals surface area (Å²) in [6, 6.07) is 0. The summed E-state index contributed by atoms with van der Waals surface area (Å²) in [4.78, 5) is 37.3. The van der Waals surface area contributed by atoms with Crippen molar-refractivity contribution in [3.8, 4) is 0 Å². The average molecular weight is 1040 g/mol. The van der Waals surface area contributed by atoms with Crippen LogP contribution in [0.3, 0.4) is 0 Å². The molecule has 2 unspecified atom stereocenters. The second-order valence-corrected chi connectivity index (χ2v) is 19.8. The summed E-state index contributed by atoms with van der Waals surface area (Å²) < 4.78 is 22.6. The lowest BCUT2D eigenvalue weighted by Crippen LogP contribution is -2.44. The standard InChI is InChI=1S/C66H105NO8/c1-6-8-10-12-14-16-18-20-22-24-26-28-29-30-31-32-33-34-35-37-39-41-43-45-47-49-51-53-55-57-64(69)75-62(61-74-66(65(70)71)72-59-58-67(3,4)5)60-73-63(68)56-54-52-50-48-46-44-42-40-38-36-27-25-23-21-19-17-15-13-11-9-7-2/h8-11,14-17,20-23,26-28,30-31,33-34,36-37,39,43,45,62,66H,6-7,12-13,18-19,24-25,29,32,35,38,40-42,44,46-61H2,1-5H3/b10-8-,11-9-,16-14-,17-15-,22-20-,23-21-,28-26-,31-30-,34-33-,36-27-,39-37-,45-43-. The minimum absolute atomic E-state index is 0.132. The number of esters is 2. The van der Waals surface area contributed by atoms with Crippen molar-refractivity contribution in [2.75, 3.05) is 47.5 Å². The van der Waals surface area contributed by atoms with Gasteiger partial charge in [0.15, 0.2) is 12.4 Å². The summed E-state index contributed by atoms with van der Waals surface area (Å²) in [5, 5.41) is 11.8. The minimum Gasteiger partial charge on any atom is -0.545 e. The topological polar surface area (TPSA) is 111 Å². The highest BCUT2D eigenvalue weighted by molar-refractivity contribution is 5.70. The predicted octanol–water partition coefficient (Wildman–Crippen LogP) is 15.9. The van der Waals surface area contributed by atoms with Gasteiger partial charge < -0.3 is 33.3 Å². The fourth-order valence-electron chi connectivity index (χ4n) is 7.19. The molecule has 0 bridgehead atoms. The Labute approximate surface area is 458 Å². The Kier molecular flexibility index (Phi) is 51.8. The first kappa shape index (κ1) is 70.2. The molecular weight excluding hydrogens is 935 g/mol. The smallest absolute Gasteiger partial charge is 0.306 e. The number of aliphatic carboxylic acids is 1. The zero-order chi connectivity index (χ0) is 54.8. The lowest BCUT2D eigenvalue weighted by atomic mass is 10.1. The van der Waals surface area contributed by atoms with E-state index in [0.717, 1.165) is 135 Å². The van der Waals surface area contributed by atoms with Gasteiger partial charge in [-0.2, -0.15) is 0 Å². The zero-order valence-electron chi connectivity index (χ0n) is 47.9. The molecule has 75 heavy (non-hydrogen) atoms. The zero-order valence-corrected chi connectivity index (χ0v) is 47.9. The first-order chi connectivity index (χ1) is 36.6. The Morgan fingerprint density at radius 1 is 0.400 bits per heavy atom. The maximum Gasteiger partial charge on any atom is 0.306 e. The van der Waals surface area contributed by atoms with Gasteiger partial charge in [-0.3, -0.25) is 9.59 Å². The van der Waals surface area contributed by atoms with Gasteiger partial charge in [0.25, 0.3) is 0 Å². The number of nitrogens with zero attached hydrogens (tertiary/aromatic N) is 1. The quantitative estimate of drug-likeness (QED) is 0.0195. The van der Waals surface area contributed by atoms with E-state index in [1.165, 1.54) is 25.7 Å². The van der Waals surface area contributed by atoms with E-state index in [4.69, 9.17) is 18.9 Å². The van der Waals surface area contributed by atoms with Gasteiger partial charge >= 0.3 is 11.9 Å². The van der Waals surface area contributed by atoms with Crippen molar-refractivity contribution in [3.63, 3.8) is 0 Å². The highest BCUT2D eigenvalue weighted by atomic mass is 16.7. The molecule has 422 valence electrons. The van der Waals surface area contributed by atoms with Crippen molar-refractivity contribution in [2.45, 2.75) is 206 Å². The number of allylic oxidation sites excluding steroid dienone is 24. The SMILES string of the molecule is CC/C=C\C/C=C\C/C=C\C/C=C\C/C=C\C/C=C\C/C=C\C/C=C\CCCCCCC(=O)OC(COC(=O)CCCCCCCCCC/C=C\C/C=C\C/C=C\C/C=C\CC)COC(OCC[N+](C)(C)C)C(=O)[O-]. The molecule has 9 heteroatoms. The van der Waals surface area contributed by atoms with E-state index in [1.54, 1.807) is 0 Å². The van der Waals surface area contributed by atoms with Gasteiger partial charge in [0.1, 0.15) is 13.2 Å². The molecule has 0 saturated heterocycles. The number of rotatable bonds is 51. The Balaban J connectivity index is 4.38. The maximum atomic E-state index is 12.9. The van der Waals surface area contributed by atoms with Crippen LogP contribution in [0.2, 0.25) is 0 Å². The van der Waals surface area contributed by atoms with E-state index in [-0.39, 0.29) is 38.6 Å². The van der Waals surface area contributed by atoms with Crippen molar-refractivity contribution >= 4 is 17.9 Å². The third kappa shape index (κ3) is 56.7. The van der Waals surface area contributed by atoms with Crippen LogP contribution in [0.15, 0.2) is 146 Å². The summed E-state index contributed by atoms with van der Waals surface area (Å²) in [5.74, 6) is -2.35. The van der Waals surface area contributed by atoms with Crippen LogP contribution >= 0.6 is 0 Å². The van der Waals surface area contributed by atoms with Gasteiger partial charge in [0, 0.05) is 12.8 Å². The maximum absolute atomic E-state index is 12.9. The van der Waals surface area contributed by atoms with Gasteiger partial charge in [0.2, 0.25) is 0 Å². The summed E-state index contributed by atoms with van der Waals surface area (Å²) in [5.41, 5.74) is 0. The molecule has 0 aliphatic heterocycles. The van der Waals surface area contributed by atoms with E-state index >= 15 is 0 Å². The van der Waals surface area contributed by atoms with Gasteiger partial charge in [-0.05, 0) is 116 Å². The number of unbranched alkanes of at least 4 members (excludes halogenated alkanes) is 12. The van der Waals surface area contributed by atoms with Crippen molar-refractivity contribution in [1.82, 2.24) is 0 Å². The predicted molar refractivity (Wildman–Crippen MR) is 315 cm³/mol. The Morgan fingerprint density at radius 3 is 1.07 bits per heavy atom. The monoisotopic (exact) mass is 1040 g/mol. The van der Waals surface area contributed by atoms with Crippen LogP contribution in [0.4, 0.5) is 0 Å². The number of likely N-dealkylation sites (N-methyl/N-ethyl adjacent to an activating group) is 1. The normalized spacial score (nSPS) is 13.9. The van der Waals surface area contributed by atoms with Gasteiger partial charge in [-0.15, -0.1) is 0 Å². The first-order valence-corrected chi connectivity index (χ1v) is 29.0. The second kappa shape index (κ2) is 55.4. The van der Waals surface area contributed by atoms with E-state index in [0.29, 0.717) is 17.4 Å². The number of carbonyl (C=O) groups excluding carboxylic acids is 3. The number of ether oxygens (including phenoxy) is 4. The van der Waals surface area contributed by atoms with Crippen LogP contribution in [0, 0.1) is 0 Å². The molecule has 2 atom stereocenters. The summed E-state index contributed by atoms with van der Waals surface area (Å²) in [6.07, 6.45) is 77.4. The van der Waals surface area contributed by atoms with Crippen molar-refractivity contribution in [3.05, 3.63) is 146 Å². The Bertz CT molecular complexity index is 1730. The molecule has 0 aromatic heterocycles. The minimum atomic E-state index is -1.64. The molecule has 0 amide bonds. The van der Waals surface area contributed by atoms with Crippen LogP contribution in [-0.2, 0) is 33.3 Å². The number of carbonyl (C=O) groups is 3. The molecule has 0 rings (SSSR count). The fourth-order valence-corrected chi connectivity index (χ4v) is 7.19. The number of quaternary nitrogens is 1. The molecule has 0 spiro atoms. The van der Waals surface area contributed by atoms with Crippen molar-refractivity contribution in [1.29, 1.82) is 0 Å². The first-order valence-electron chi connectivity index (χ1n) is 29.0. The number of hydrogen-bond donors (Lipinski definition) is 0. The third-order valence-electron chi connectivity index (χ3n) is 11.6. The molecule has 0 aromatic rings. The van der Waals surface area contributed by atoms with Gasteiger partial charge in [-0.1, -0.05) is 211 Å². The Hall–Kier alpha value is -4.83. The number of hydrogen-bond acceptors (Lipinski definition) is 8. The summed E-state index contributed by atoms with van der Waals surface area (Å²) >= 11 is 0. The molecule has 0 aromatic carbocycles. The molecule has 0 aliphatic carbocycles. The van der Waals surface area contributed by atoms with Gasteiger partial charge in [0.05, 0.1) is 40.3 Å². The summed E-state index contributed by atoms with van der Waals surface area (Å²) in [6.45, 7) is 4.45. The third-order valence-corrected chi connectivity index (χ3v) is 11.6. The molecule has 0 saturated carbocycles. The number of carboxylic acid groups (broad SMARTS) is 1. The molecule has 0 N–H and O–H groups in total. The van der Waals surface area contributed by atoms with E-state index in [9.17, 15) is 19.5 Å². The van der Waals surface area contributed by atoms with Crippen LogP contribution in [0.25, 0.3) is 0 Å². The number of carboxylic acids is 1. The average Bonchev–Trinajstić information content (AvgIpc) is 3.38. The van der Waals surface area contributed by atoms with E-state index in [2.05, 4.69) is 160 Å². The van der Waals surface area contributed by atoms with Crippen LogP contribution in [-0.4, -0.2) is 82.3 Å². The molecule has 0 heterocycles. The van der Waals surface area contributed by atoms with Crippen LogP contribution in [0.5, 0.6) is 0 Å². The molecular formula is C66H105NO8. The van der Waals surface area contributed by atoms with Crippen molar-refractivity contribution in [2.24, 2.45) is 0 Å². The van der Waals surface area contributed by atoms with E-state index < -0.39 is 24.3 Å². The highest BCUT2D eigenvalue weighted by Crippen LogP contribution is 2.13. The van der Waals surface area contributed by atoms with Crippen LogP contribution in [0.1, 0.15) is 194 Å². The fraction of sp³-hybridized carbons (Fsp3) is 0.591. The molecule has 0 radical (unpaired) electrons. The Morgan fingerprint density at radius 2 is 0.720 bits per heavy atom. The lowest BCUT2D eigenvalue weighted by Gasteiger charge is -2.26. The lowest BCUT2D eigenvalue weighted by molar-refractivity contribution is -0.870. The molecule has 0 fully saturated rings. The molecule has 9 nitrogen and oxygen atoms in total. The molecule has 0 aliphatic rings. The van der Waals surface area contributed by atoms with Crippen molar-refractivity contribution < 1.29 is 42.9 Å². The van der Waals surface area contributed by atoms with Gasteiger partial charge in [-0.25, -0.2) is 0 Å². The summed E-state index contributed by atoms with van der Waals surface area (Å²) in [7, 11) is 5.89.